The molecule has 1 N–H and O–H groups in total. The normalized spacial score (nSPS) is 18.5. The molecule has 2 aliphatic heterocycles. The van der Waals surface area contributed by atoms with E-state index in [-0.39, 0.29) is 18.0 Å². The number of piperazine rings is 1. The lowest BCUT2D eigenvalue weighted by atomic mass is 10.1. The molecular formula is C32H37F4N5O3S. The fourth-order valence-corrected chi connectivity index (χ4v) is 7.48. The standard InChI is InChI=1S/C32H37F4N5O3S/c1-22(2)21-39-14-16-40(17-15-39)30-19-23(18-28(38-30)24-5-7-25(8-6-24)32(34,35)36)20-37-31(42)29-4-3-13-41(29)45(43,44)27-11-9-26(33)10-12-27/h5-12,18-19,22,29H,3-4,13-17,20-21H2,1-2H3,(H,37,42)/t29-/m0/s1. The molecule has 2 aromatic carbocycles. The van der Waals surface area contributed by atoms with E-state index in [1.165, 1.54) is 24.3 Å². The summed E-state index contributed by atoms with van der Waals surface area (Å²) in [4.78, 5) is 22.6. The zero-order chi connectivity index (χ0) is 32.4. The number of hydrogen-bond acceptors (Lipinski definition) is 6. The van der Waals surface area contributed by atoms with Gasteiger partial charge in [-0.2, -0.15) is 17.5 Å². The Bertz CT molecular complexity index is 1590. The van der Waals surface area contributed by atoms with E-state index in [9.17, 15) is 30.8 Å². The third-order valence-electron chi connectivity index (χ3n) is 8.09. The molecule has 2 fully saturated rings. The van der Waals surface area contributed by atoms with Crippen molar-refractivity contribution in [3.05, 3.63) is 77.6 Å². The third-order valence-corrected chi connectivity index (χ3v) is 10.0. The number of carbonyl (C=O) groups is 1. The molecule has 5 rings (SSSR count). The first-order chi connectivity index (χ1) is 21.3. The fourth-order valence-electron chi connectivity index (χ4n) is 5.83. The zero-order valence-electron chi connectivity index (χ0n) is 25.2. The van der Waals surface area contributed by atoms with Crippen LogP contribution in [0.5, 0.6) is 0 Å². The summed E-state index contributed by atoms with van der Waals surface area (Å²) in [5.74, 6) is 0.168. The van der Waals surface area contributed by atoms with Gasteiger partial charge < -0.3 is 10.2 Å². The molecule has 0 bridgehead atoms. The van der Waals surface area contributed by atoms with Crippen molar-refractivity contribution in [1.82, 2.24) is 19.5 Å². The minimum atomic E-state index is -4.46. The fraction of sp³-hybridized carbons (Fsp3) is 0.438. The van der Waals surface area contributed by atoms with E-state index < -0.39 is 39.5 Å². The van der Waals surface area contributed by atoms with E-state index in [1.54, 1.807) is 6.07 Å². The lowest BCUT2D eigenvalue weighted by Gasteiger charge is -2.36. The van der Waals surface area contributed by atoms with Gasteiger partial charge in [0, 0.05) is 51.4 Å². The highest BCUT2D eigenvalue weighted by Gasteiger charge is 2.39. The van der Waals surface area contributed by atoms with Gasteiger partial charge in [0.1, 0.15) is 17.7 Å². The van der Waals surface area contributed by atoms with Gasteiger partial charge in [-0.1, -0.05) is 26.0 Å². The van der Waals surface area contributed by atoms with Gasteiger partial charge in [0.05, 0.1) is 16.2 Å². The molecule has 0 unspecified atom stereocenters. The summed E-state index contributed by atoms with van der Waals surface area (Å²) in [7, 11) is -4.02. The molecule has 1 atom stereocenters. The zero-order valence-corrected chi connectivity index (χ0v) is 26.0. The van der Waals surface area contributed by atoms with Gasteiger partial charge in [0.25, 0.3) is 0 Å². The Labute approximate surface area is 261 Å². The van der Waals surface area contributed by atoms with Crippen LogP contribution < -0.4 is 10.2 Å². The van der Waals surface area contributed by atoms with Crippen LogP contribution in [0, 0.1) is 11.7 Å². The molecule has 2 aliphatic rings. The van der Waals surface area contributed by atoms with Crippen LogP contribution in [0.4, 0.5) is 23.4 Å². The van der Waals surface area contributed by atoms with Crippen molar-refractivity contribution in [3.8, 4) is 11.3 Å². The highest BCUT2D eigenvalue weighted by molar-refractivity contribution is 7.89. The Morgan fingerprint density at radius 1 is 0.978 bits per heavy atom. The van der Waals surface area contributed by atoms with Gasteiger partial charge in [0.2, 0.25) is 15.9 Å². The molecule has 0 radical (unpaired) electrons. The molecule has 3 heterocycles. The van der Waals surface area contributed by atoms with Crippen LogP contribution in [0.2, 0.25) is 0 Å². The number of sulfonamides is 1. The summed E-state index contributed by atoms with van der Waals surface area (Å²) in [5, 5.41) is 2.86. The lowest BCUT2D eigenvalue weighted by Crippen LogP contribution is -2.47. The Balaban J connectivity index is 1.36. The summed E-state index contributed by atoms with van der Waals surface area (Å²) in [6.07, 6.45) is -3.62. The minimum absolute atomic E-state index is 0.0657. The minimum Gasteiger partial charge on any atom is -0.354 e. The molecule has 13 heteroatoms. The van der Waals surface area contributed by atoms with Gasteiger partial charge in [-0.3, -0.25) is 9.69 Å². The molecule has 0 saturated carbocycles. The van der Waals surface area contributed by atoms with Crippen LogP contribution in [0.1, 0.15) is 37.8 Å². The number of halogens is 4. The van der Waals surface area contributed by atoms with E-state index >= 15 is 0 Å². The number of anilines is 1. The number of amides is 1. The number of hydrogen-bond donors (Lipinski definition) is 1. The van der Waals surface area contributed by atoms with E-state index in [0.717, 1.165) is 61.3 Å². The maximum absolute atomic E-state index is 13.4. The van der Waals surface area contributed by atoms with Crippen LogP contribution in [0.3, 0.4) is 0 Å². The molecular weight excluding hydrogens is 610 g/mol. The van der Waals surface area contributed by atoms with Crippen LogP contribution in [0.25, 0.3) is 11.3 Å². The SMILES string of the molecule is CC(C)CN1CCN(c2cc(CNC(=O)[C@@H]3CCCN3S(=O)(=O)c3ccc(F)cc3)cc(-c3ccc(C(F)(F)F)cc3)n2)CC1. The van der Waals surface area contributed by atoms with Crippen LogP contribution in [-0.4, -0.2) is 73.8 Å². The number of aromatic nitrogens is 1. The molecule has 0 spiro atoms. The van der Waals surface area contributed by atoms with Crippen LogP contribution in [0.15, 0.2) is 65.6 Å². The third kappa shape index (κ3) is 7.82. The molecule has 242 valence electrons. The van der Waals surface area contributed by atoms with Crippen molar-refractivity contribution in [2.24, 2.45) is 5.92 Å². The number of pyridine rings is 1. The molecule has 1 amide bonds. The van der Waals surface area contributed by atoms with Gasteiger partial charge in [0.15, 0.2) is 0 Å². The summed E-state index contributed by atoms with van der Waals surface area (Å²) >= 11 is 0. The number of alkyl halides is 3. The van der Waals surface area contributed by atoms with E-state index in [4.69, 9.17) is 4.98 Å². The Morgan fingerprint density at radius 3 is 2.27 bits per heavy atom. The van der Waals surface area contributed by atoms with Crippen molar-refractivity contribution >= 4 is 21.7 Å². The molecule has 0 aliphatic carbocycles. The molecule has 2 saturated heterocycles. The second-order valence-electron chi connectivity index (χ2n) is 11.9. The van der Waals surface area contributed by atoms with E-state index in [1.807, 2.05) is 6.07 Å². The number of nitrogens with one attached hydrogen (secondary N) is 1. The average molecular weight is 648 g/mol. The first-order valence-electron chi connectivity index (χ1n) is 15.0. The largest absolute Gasteiger partial charge is 0.416 e. The summed E-state index contributed by atoms with van der Waals surface area (Å²) in [6, 6.07) is 12.0. The molecule has 1 aromatic heterocycles. The Morgan fingerprint density at radius 2 is 1.64 bits per heavy atom. The van der Waals surface area contributed by atoms with E-state index in [0.29, 0.717) is 41.4 Å². The topological polar surface area (TPSA) is 85.9 Å². The predicted octanol–water partition coefficient (Wildman–Crippen LogP) is 5.15. The maximum Gasteiger partial charge on any atom is 0.416 e. The first-order valence-corrected chi connectivity index (χ1v) is 16.5. The molecule has 8 nitrogen and oxygen atoms in total. The highest BCUT2D eigenvalue weighted by Crippen LogP contribution is 2.32. The van der Waals surface area contributed by atoms with Crippen molar-refractivity contribution in [3.63, 3.8) is 0 Å². The second kappa shape index (κ2) is 13.4. The number of benzene rings is 2. The Kier molecular flexibility index (Phi) is 9.80. The van der Waals surface area contributed by atoms with Crippen LogP contribution in [-0.2, 0) is 27.5 Å². The van der Waals surface area contributed by atoms with Gasteiger partial charge >= 0.3 is 6.18 Å². The first kappa shape index (κ1) is 32.8. The van der Waals surface area contributed by atoms with Gasteiger partial charge in [-0.05, 0) is 72.9 Å². The lowest BCUT2D eigenvalue weighted by molar-refractivity contribution is -0.137. The predicted molar refractivity (Wildman–Crippen MR) is 163 cm³/mol. The van der Waals surface area contributed by atoms with Gasteiger partial charge in [-0.25, -0.2) is 17.8 Å². The van der Waals surface area contributed by atoms with Crippen molar-refractivity contribution in [2.45, 2.75) is 50.3 Å². The highest BCUT2D eigenvalue weighted by atomic mass is 32.2. The Hall–Kier alpha value is -3.55. The number of rotatable bonds is 9. The average Bonchev–Trinajstić information content (AvgIpc) is 3.51. The smallest absolute Gasteiger partial charge is 0.354 e. The van der Waals surface area contributed by atoms with E-state index in [2.05, 4.69) is 29.0 Å². The van der Waals surface area contributed by atoms with Crippen LogP contribution >= 0.6 is 0 Å². The van der Waals surface area contributed by atoms with Gasteiger partial charge in [-0.15, -0.1) is 0 Å². The van der Waals surface area contributed by atoms with Crippen molar-refractivity contribution < 1.29 is 30.8 Å². The second-order valence-corrected chi connectivity index (χ2v) is 13.8. The monoisotopic (exact) mass is 647 g/mol. The molecule has 3 aromatic rings. The number of nitrogens with zero attached hydrogens (tertiary/aromatic N) is 4. The quantitative estimate of drug-likeness (QED) is 0.324. The number of carbonyl (C=O) groups excluding carboxylic acids is 1. The van der Waals surface area contributed by atoms with Crippen molar-refractivity contribution in [2.75, 3.05) is 44.2 Å². The maximum atomic E-state index is 13.4. The molecule has 45 heavy (non-hydrogen) atoms. The summed E-state index contributed by atoms with van der Waals surface area (Å²) < 4.78 is 80.7. The van der Waals surface area contributed by atoms with Crippen molar-refractivity contribution in [1.29, 1.82) is 0 Å². The summed E-state index contributed by atoms with van der Waals surface area (Å²) in [5.41, 5.74) is 0.895. The summed E-state index contributed by atoms with van der Waals surface area (Å²) in [6.45, 7) is 8.69.